The van der Waals surface area contributed by atoms with Gasteiger partial charge < -0.3 is 16.0 Å². The van der Waals surface area contributed by atoms with E-state index in [1.165, 1.54) is 0 Å². The van der Waals surface area contributed by atoms with E-state index >= 15 is 0 Å². The zero-order valence-corrected chi connectivity index (χ0v) is 8.71. The average Bonchev–Trinajstić information content (AvgIpc) is 2.86. The maximum atomic E-state index is 11.5. The van der Waals surface area contributed by atoms with Crippen LogP contribution in [0, 0.1) is 5.92 Å². The van der Waals surface area contributed by atoms with Gasteiger partial charge in [-0.05, 0) is 25.8 Å². The van der Waals surface area contributed by atoms with E-state index in [1.54, 1.807) is 0 Å². The van der Waals surface area contributed by atoms with E-state index in [4.69, 9.17) is 0 Å². The Morgan fingerprint density at radius 3 is 2.67 bits per heavy atom. The van der Waals surface area contributed by atoms with Gasteiger partial charge in [0.1, 0.15) is 0 Å². The summed E-state index contributed by atoms with van der Waals surface area (Å²) in [7, 11) is 0. The Hall–Kier alpha value is -1.10. The molecular weight excluding hydrogens is 194 g/mol. The van der Waals surface area contributed by atoms with E-state index in [9.17, 15) is 9.59 Å². The standard InChI is InChI=1S/C10H17N3O2/c14-9(13-8-1-2-8)6-12-10(15)7-3-4-11-5-7/h7-8,11H,1-6H2,(H,12,15)(H,13,14). The zero-order chi connectivity index (χ0) is 10.7. The topological polar surface area (TPSA) is 70.2 Å². The van der Waals surface area contributed by atoms with Crippen LogP contribution in [0.2, 0.25) is 0 Å². The number of hydrogen-bond donors (Lipinski definition) is 3. The van der Waals surface area contributed by atoms with Crippen molar-refractivity contribution in [2.24, 2.45) is 5.92 Å². The molecule has 15 heavy (non-hydrogen) atoms. The molecule has 1 saturated carbocycles. The summed E-state index contributed by atoms with van der Waals surface area (Å²) in [6, 6.07) is 0.363. The van der Waals surface area contributed by atoms with Crippen molar-refractivity contribution in [2.75, 3.05) is 19.6 Å². The van der Waals surface area contributed by atoms with Crippen LogP contribution in [0.25, 0.3) is 0 Å². The van der Waals surface area contributed by atoms with Gasteiger partial charge >= 0.3 is 0 Å². The molecule has 0 radical (unpaired) electrons. The lowest BCUT2D eigenvalue weighted by Crippen LogP contribution is -2.40. The highest BCUT2D eigenvalue weighted by molar-refractivity contribution is 5.86. The molecule has 2 aliphatic rings. The molecule has 1 unspecified atom stereocenters. The lowest BCUT2D eigenvalue weighted by Gasteiger charge is -2.09. The summed E-state index contributed by atoms with van der Waals surface area (Å²) in [4.78, 5) is 22.8. The monoisotopic (exact) mass is 211 g/mol. The van der Waals surface area contributed by atoms with Crippen molar-refractivity contribution < 1.29 is 9.59 Å². The first-order valence-corrected chi connectivity index (χ1v) is 5.53. The number of rotatable bonds is 4. The second kappa shape index (κ2) is 4.61. The van der Waals surface area contributed by atoms with Crippen molar-refractivity contribution in [3.63, 3.8) is 0 Å². The summed E-state index contributed by atoms with van der Waals surface area (Å²) in [5, 5.41) is 8.62. The zero-order valence-electron chi connectivity index (χ0n) is 8.71. The van der Waals surface area contributed by atoms with Crippen molar-refractivity contribution in [1.29, 1.82) is 0 Å². The van der Waals surface area contributed by atoms with Crippen molar-refractivity contribution in [2.45, 2.75) is 25.3 Å². The molecule has 1 atom stereocenters. The third kappa shape index (κ3) is 3.20. The molecule has 0 spiro atoms. The molecule has 1 heterocycles. The van der Waals surface area contributed by atoms with Gasteiger partial charge in [0, 0.05) is 12.6 Å². The fraction of sp³-hybridized carbons (Fsp3) is 0.800. The molecule has 0 bridgehead atoms. The second-order valence-corrected chi connectivity index (χ2v) is 4.25. The van der Waals surface area contributed by atoms with E-state index in [-0.39, 0.29) is 24.3 Å². The van der Waals surface area contributed by atoms with Gasteiger partial charge in [0.05, 0.1) is 12.5 Å². The van der Waals surface area contributed by atoms with Gasteiger partial charge in [-0.1, -0.05) is 0 Å². The quantitative estimate of drug-likeness (QED) is 0.558. The molecule has 5 heteroatoms. The maximum absolute atomic E-state index is 11.5. The highest BCUT2D eigenvalue weighted by atomic mass is 16.2. The van der Waals surface area contributed by atoms with Crippen molar-refractivity contribution in [3.05, 3.63) is 0 Å². The van der Waals surface area contributed by atoms with Crippen LogP contribution in [0.1, 0.15) is 19.3 Å². The molecule has 84 valence electrons. The van der Waals surface area contributed by atoms with Crippen LogP contribution in [0.3, 0.4) is 0 Å². The van der Waals surface area contributed by atoms with E-state index in [1.807, 2.05) is 0 Å². The van der Waals surface area contributed by atoms with Crippen LogP contribution in [0.15, 0.2) is 0 Å². The van der Waals surface area contributed by atoms with Crippen LogP contribution in [0.5, 0.6) is 0 Å². The highest BCUT2D eigenvalue weighted by Crippen LogP contribution is 2.18. The first kappa shape index (κ1) is 10.4. The Morgan fingerprint density at radius 1 is 1.27 bits per heavy atom. The Labute approximate surface area is 89.0 Å². The van der Waals surface area contributed by atoms with Gasteiger partial charge in [0.25, 0.3) is 0 Å². The number of hydrogen-bond acceptors (Lipinski definition) is 3. The molecule has 2 rings (SSSR count). The number of carbonyl (C=O) groups is 2. The Bertz CT molecular complexity index is 257. The number of nitrogens with one attached hydrogen (secondary N) is 3. The molecule has 0 aromatic carbocycles. The molecule has 0 aromatic heterocycles. The average molecular weight is 211 g/mol. The third-order valence-corrected chi connectivity index (χ3v) is 2.80. The van der Waals surface area contributed by atoms with Gasteiger partial charge in [-0.25, -0.2) is 0 Å². The van der Waals surface area contributed by atoms with Crippen LogP contribution in [-0.4, -0.2) is 37.5 Å². The summed E-state index contributed by atoms with van der Waals surface area (Å²) >= 11 is 0. The molecule has 5 nitrogen and oxygen atoms in total. The van der Waals surface area contributed by atoms with Crippen molar-refractivity contribution in [1.82, 2.24) is 16.0 Å². The molecule has 2 amide bonds. The minimum Gasteiger partial charge on any atom is -0.352 e. The summed E-state index contributed by atoms with van der Waals surface area (Å²) in [5.74, 6) is -0.0403. The summed E-state index contributed by atoms with van der Waals surface area (Å²) in [6.45, 7) is 1.74. The molecule has 1 saturated heterocycles. The number of amides is 2. The molecule has 0 aromatic rings. The Morgan fingerprint density at radius 2 is 2.07 bits per heavy atom. The minimum absolute atomic E-state index is 0.00838. The van der Waals surface area contributed by atoms with Gasteiger partial charge in [0.2, 0.25) is 11.8 Å². The summed E-state index contributed by atoms with van der Waals surface area (Å²) in [6.07, 6.45) is 3.02. The fourth-order valence-corrected chi connectivity index (χ4v) is 1.70. The van der Waals surface area contributed by atoms with Crippen LogP contribution in [-0.2, 0) is 9.59 Å². The largest absolute Gasteiger partial charge is 0.352 e. The Kier molecular flexibility index (Phi) is 3.20. The van der Waals surface area contributed by atoms with E-state index in [0.717, 1.165) is 32.4 Å². The molecule has 1 aliphatic carbocycles. The normalized spacial score (nSPS) is 24.9. The minimum atomic E-state index is -0.0724. The highest BCUT2D eigenvalue weighted by Gasteiger charge is 2.25. The lowest BCUT2D eigenvalue weighted by molar-refractivity contribution is -0.128. The van der Waals surface area contributed by atoms with Crippen molar-refractivity contribution in [3.8, 4) is 0 Å². The Balaban J connectivity index is 1.62. The molecule has 2 fully saturated rings. The molecule has 1 aliphatic heterocycles. The van der Waals surface area contributed by atoms with Gasteiger partial charge in [-0.15, -0.1) is 0 Å². The first-order chi connectivity index (χ1) is 7.25. The van der Waals surface area contributed by atoms with Crippen LogP contribution >= 0.6 is 0 Å². The van der Waals surface area contributed by atoms with E-state index in [0.29, 0.717) is 6.04 Å². The fourth-order valence-electron chi connectivity index (χ4n) is 1.70. The van der Waals surface area contributed by atoms with Crippen LogP contribution in [0.4, 0.5) is 0 Å². The predicted molar refractivity (Wildman–Crippen MR) is 55.2 cm³/mol. The smallest absolute Gasteiger partial charge is 0.239 e. The van der Waals surface area contributed by atoms with Crippen molar-refractivity contribution >= 4 is 11.8 Å². The van der Waals surface area contributed by atoms with Gasteiger partial charge in [-0.3, -0.25) is 9.59 Å². The second-order valence-electron chi connectivity index (χ2n) is 4.25. The van der Waals surface area contributed by atoms with Gasteiger partial charge in [0.15, 0.2) is 0 Å². The van der Waals surface area contributed by atoms with Gasteiger partial charge in [-0.2, -0.15) is 0 Å². The lowest BCUT2D eigenvalue weighted by atomic mass is 10.1. The SMILES string of the molecule is O=C(CNC(=O)C1CCNC1)NC1CC1. The van der Waals surface area contributed by atoms with E-state index < -0.39 is 0 Å². The number of carbonyl (C=O) groups excluding carboxylic acids is 2. The maximum Gasteiger partial charge on any atom is 0.239 e. The predicted octanol–water partition coefficient (Wildman–Crippen LogP) is -1.01. The molecular formula is C10H17N3O2. The summed E-state index contributed by atoms with van der Waals surface area (Å²) < 4.78 is 0. The summed E-state index contributed by atoms with van der Waals surface area (Å²) in [5.41, 5.74) is 0. The van der Waals surface area contributed by atoms with E-state index in [2.05, 4.69) is 16.0 Å². The third-order valence-electron chi connectivity index (χ3n) is 2.80. The first-order valence-electron chi connectivity index (χ1n) is 5.53. The molecule has 3 N–H and O–H groups in total. The van der Waals surface area contributed by atoms with Crippen LogP contribution < -0.4 is 16.0 Å².